The van der Waals surface area contributed by atoms with Gasteiger partial charge in [-0.15, -0.1) is 10.2 Å². The smallest absolute Gasteiger partial charge is 0.335 e. The summed E-state index contributed by atoms with van der Waals surface area (Å²) in [6, 6.07) is 6.47. The van der Waals surface area contributed by atoms with Crippen molar-refractivity contribution in [3.8, 4) is 5.75 Å². The van der Waals surface area contributed by atoms with Crippen molar-refractivity contribution in [1.82, 2.24) is 14.8 Å². The number of hydrogen-bond donors (Lipinski definition) is 1. The number of nitrogens with zero attached hydrogens (tertiary/aromatic N) is 3. The first-order chi connectivity index (χ1) is 12.2. The van der Waals surface area contributed by atoms with Crippen LogP contribution in [0.3, 0.4) is 0 Å². The number of hydrogen-bond acceptors (Lipinski definition) is 5. The first-order valence-corrected chi connectivity index (χ1v) is 9.65. The highest BCUT2D eigenvalue weighted by molar-refractivity contribution is 7.99. The number of aromatic nitrogens is 3. The molecule has 0 aliphatic rings. The second kappa shape index (κ2) is 10.1. The molecule has 0 radical (unpaired) electrons. The largest absolute Gasteiger partial charge is 0.494 e. The Kier molecular flexibility index (Phi) is 7.78. The number of benzene rings is 1. The van der Waals surface area contributed by atoms with Crippen molar-refractivity contribution in [3.63, 3.8) is 0 Å². The minimum absolute atomic E-state index is 0.265. The molecule has 6 nitrogen and oxygen atoms in total. The second-order valence-electron chi connectivity index (χ2n) is 5.63. The number of unbranched alkanes of at least 4 members (excludes halogenated alkanes) is 1. The number of rotatable bonds is 11. The monoisotopic (exact) mass is 363 g/mol. The molecule has 0 saturated heterocycles. The summed E-state index contributed by atoms with van der Waals surface area (Å²) in [6.07, 6.45) is 4.15. The van der Waals surface area contributed by atoms with Gasteiger partial charge >= 0.3 is 5.97 Å². The molecule has 0 fully saturated rings. The summed E-state index contributed by atoms with van der Waals surface area (Å²) in [5.74, 6) is 1.73. The van der Waals surface area contributed by atoms with Crippen LogP contribution in [0, 0.1) is 0 Å². The highest BCUT2D eigenvalue weighted by Crippen LogP contribution is 2.19. The normalized spacial score (nSPS) is 10.8. The summed E-state index contributed by atoms with van der Waals surface area (Å²) in [7, 11) is 0. The maximum absolute atomic E-state index is 10.8. The van der Waals surface area contributed by atoms with Crippen molar-refractivity contribution in [3.05, 3.63) is 35.7 Å². The zero-order valence-corrected chi connectivity index (χ0v) is 15.6. The molecule has 0 aliphatic heterocycles. The van der Waals surface area contributed by atoms with Gasteiger partial charge in [-0.1, -0.05) is 25.1 Å². The number of carbonyl (C=O) groups is 1. The molecule has 2 aromatic rings. The Balaban J connectivity index is 1.74. The molecule has 0 unspecified atom stereocenters. The molecule has 1 heterocycles. The third kappa shape index (κ3) is 5.77. The Morgan fingerprint density at radius 2 is 1.96 bits per heavy atom. The predicted octanol–water partition coefficient (Wildman–Crippen LogP) is 3.90. The molecule has 1 aromatic carbocycles. The average Bonchev–Trinajstić information content (AvgIpc) is 3.01. The van der Waals surface area contributed by atoms with Crippen molar-refractivity contribution in [2.24, 2.45) is 0 Å². The van der Waals surface area contributed by atoms with Crippen molar-refractivity contribution >= 4 is 17.7 Å². The van der Waals surface area contributed by atoms with Crippen LogP contribution >= 0.6 is 11.8 Å². The lowest BCUT2D eigenvalue weighted by Gasteiger charge is -2.08. The van der Waals surface area contributed by atoms with Crippen LogP contribution in [0.25, 0.3) is 0 Å². The van der Waals surface area contributed by atoms with Crippen LogP contribution < -0.4 is 4.74 Å². The zero-order valence-electron chi connectivity index (χ0n) is 14.8. The van der Waals surface area contributed by atoms with E-state index in [1.54, 1.807) is 36.0 Å². The second-order valence-corrected chi connectivity index (χ2v) is 6.69. The van der Waals surface area contributed by atoms with E-state index in [2.05, 4.69) is 28.6 Å². The molecule has 136 valence electrons. The lowest BCUT2D eigenvalue weighted by atomic mass is 10.2. The van der Waals surface area contributed by atoms with Crippen LogP contribution in [-0.2, 0) is 13.0 Å². The fraction of sp³-hybridized carbons (Fsp3) is 0.500. The summed E-state index contributed by atoms with van der Waals surface area (Å²) in [5, 5.41) is 18.4. The first kappa shape index (κ1) is 19.3. The molecule has 0 aliphatic carbocycles. The summed E-state index contributed by atoms with van der Waals surface area (Å²) in [4.78, 5) is 10.8. The van der Waals surface area contributed by atoms with E-state index in [4.69, 9.17) is 9.84 Å². The van der Waals surface area contributed by atoms with Crippen LogP contribution in [-0.4, -0.2) is 38.2 Å². The molecular formula is C18H25N3O3S. The number of aromatic carboxylic acids is 1. The number of carboxylic acids is 1. The average molecular weight is 363 g/mol. The Hall–Kier alpha value is -2.02. The molecule has 1 N–H and O–H groups in total. The summed E-state index contributed by atoms with van der Waals surface area (Å²) in [6.45, 7) is 5.77. The van der Waals surface area contributed by atoms with E-state index in [0.29, 0.717) is 12.4 Å². The van der Waals surface area contributed by atoms with Gasteiger partial charge in [0.05, 0.1) is 12.2 Å². The maximum Gasteiger partial charge on any atom is 0.335 e. The fourth-order valence-corrected chi connectivity index (χ4v) is 3.30. The first-order valence-electron chi connectivity index (χ1n) is 8.66. The third-order valence-electron chi connectivity index (χ3n) is 3.75. The zero-order chi connectivity index (χ0) is 18.1. The molecule has 7 heteroatoms. The van der Waals surface area contributed by atoms with Gasteiger partial charge < -0.3 is 14.4 Å². The molecule has 25 heavy (non-hydrogen) atoms. The van der Waals surface area contributed by atoms with Crippen LogP contribution in [0.2, 0.25) is 0 Å². The molecule has 0 bridgehead atoms. The minimum atomic E-state index is -0.929. The quantitative estimate of drug-likeness (QED) is 0.482. The summed E-state index contributed by atoms with van der Waals surface area (Å²) in [5.41, 5.74) is 0.265. The van der Waals surface area contributed by atoms with E-state index in [0.717, 1.165) is 49.0 Å². The van der Waals surface area contributed by atoms with E-state index in [9.17, 15) is 4.79 Å². The summed E-state index contributed by atoms with van der Waals surface area (Å²) >= 11 is 1.70. The third-order valence-corrected chi connectivity index (χ3v) is 4.81. The maximum atomic E-state index is 10.8. The Bertz CT molecular complexity index is 671. The predicted molar refractivity (Wildman–Crippen MR) is 98.5 cm³/mol. The number of carboxylic acid groups (broad SMARTS) is 1. The van der Waals surface area contributed by atoms with Crippen molar-refractivity contribution in [2.45, 2.75) is 51.2 Å². The van der Waals surface area contributed by atoms with Gasteiger partial charge in [-0.25, -0.2) is 4.79 Å². The number of aryl methyl sites for hydroxylation is 1. The SMILES string of the molecule is CCCCc1nnc(SCCCOc2ccc(C(=O)O)cc2)n1CC. The van der Waals surface area contributed by atoms with Gasteiger partial charge in [0.25, 0.3) is 0 Å². The standard InChI is InChI=1S/C18H25N3O3S/c1-3-5-7-16-19-20-18(21(16)4-2)25-13-6-12-24-15-10-8-14(9-11-15)17(22)23/h8-11H,3-7,12-13H2,1-2H3,(H,22,23). The van der Waals surface area contributed by atoms with E-state index in [-0.39, 0.29) is 5.56 Å². The van der Waals surface area contributed by atoms with Gasteiger partial charge in [-0.2, -0.15) is 0 Å². The van der Waals surface area contributed by atoms with Gasteiger partial charge in [0.1, 0.15) is 11.6 Å². The Morgan fingerprint density at radius 3 is 2.60 bits per heavy atom. The van der Waals surface area contributed by atoms with Crippen LogP contribution in [0.15, 0.2) is 29.4 Å². The molecule has 1 aromatic heterocycles. The molecule has 0 saturated carbocycles. The van der Waals surface area contributed by atoms with Crippen LogP contribution in [0.5, 0.6) is 5.75 Å². The molecular weight excluding hydrogens is 338 g/mol. The van der Waals surface area contributed by atoms with Gasteiger partial charge in [0.15, 0.2) is 5.16 Å². The molecule has 2 rings (SSSR count). The van der Waals surface area contributed by atoms with Gasteiger partial charge in [0, 0.05) is 18.7 Å². The van der Waals surface area contributed by atoms with E-state index in [1.165, 1.54) is 0 Å². The lowest BCUT2D eigenvalue weighted by molar-refractivity contribution is 0.0697. The highest BCUT2D eigenvalue weighted by Gasteiger charge is 2.10. The lowest BCUT2D eigenvalue weighted by Crippen LogP contribution is -2.04. The van der Waals surface area contributed by atoms with Crippen molar-refractivity contribution in [2.75, 3.05) is 12.4 Å². The van der Waals surface area contributed by atoms with Gasteiger partial charge in [-0.05, 0) is 44.0 Å². The van der Waals surface area contributed by atoms with Crippen LogP contribution in [0.4, 0.5) is 0 Å². The van der Waals surface area contributed by atoms with Gasteiger partial charge in [0.2, 0.25) is 0 Å². The number of ether oxygens (including phenoxy) is 1. The Morgan fingerprint density at radius 1 is 1.20 bits per heavy atom. The molecule has 0 atom stereocenters. The van der Waals surface area contributed by atoms with Crippen molar-refractivity contribution < 1.29 is 14.6 Å². The topological polar surface area (TPSA) is 77.2 Å². The molecule has 0 spiro atoms. The minimum Gasteiger partial charge on any atom is -0.494 e. The number of thioether (sulfide) groups is 1. The molecule has 0 amide bonds. The van der Waals surface area contributed by atoms with E-state index in [1.807, 2.05) is 0 Å². The summed E-state index contributed by atoms with van der Waals surface area (Å²) < 4.78 is 7.83. The van der Waals surface area contributed by atoms with Gasteiger partial charge in [-0.3, -0.25) is 0 Å². The highest BCUT2D eigenvalue weighted by atomic mass is 32.2. The van der Waals surface area contributed by atoms with E-state index >= 15 is 0 Å². The van der Waals surface area contributed by atoms with Crippen molar-refractivity contribution in [1.29, 1.82) is 0 Å². The van der Waals surface area contributed by atoms with Crippen LogP contribution in [0.1, 0.15) is 49.3 Å². The Labute approximate surface area is 152 Å². The van der Waals surface area contributed by atoms with E-state index < -0.39 is 5.97 Å². The fourth-order valence-electron chi connectivity index (χ4n) is 2.37.